The molecule has 1 amide bonds. The number of anilines is 3. The smallest absolute Gasteiger partial charge is 0.260 e. The highest BCUT2D eigenvalue weighted by atomic mass is 35.5. The normalized spacial score (nSPS) is 18.8. The van der Waals surface area contributed by atoms with Gasteiger partial charge >= 0.3 is 0 Å². The minimum Gasteiger partial charge on any atom is -0.371 e. The van der Waals surface area contributed by atoms with E-state index < -0.39 is 5.82 Å². The number of amides is 1. The molecule has 254 valence electrons. The predicted molar refractivity (Wildman–Crippen MR) is 192 cm³/mol. The third-order valence-corrected chi connectivity index (χ3v) is 10.6. The predicted octanol–water partition coefficient (Wildman–Crippen LogP) is 7.15. The molecule has 0 radical (unpaired) electrons. The number of benzene rings is 2. The largest absolute Gasteiger partial charge is 0.371 e. The lowest BCUT2D eigenvalue weighted by molar-refractivity contribution is -0.121. The van der Waals surface area contributed by atoms with Crippen LogP contribution in [0.2, 0.25) is 5.02 Å². The van der Waals surface area contributed by atoms with Crippen LogP contribution in [0.3, 0.4) is 0 Å². The van der Waals surface area contributed by atoms with Gasteiger partial charge in [-0.1, -0.05) is 30.7 Å². The number of nitrogens with one attached hydrogen (secondary N) is 2. The van der Waals surface area contributed by atoms with Crippen LogP contribution in [-0.4, -0.2) is 64.6 Å². The van der Waals surface area contributed by atoms with Gasteiger partial charge in [-0.15, -0.1) is 0 Å². The van der Waals surface area contributed by atoms with E-state index in [1.165, 1.54) is 17.3 Å². The molecule has 2 aromatic carbocycles. The van der Waals surface area contributed by atoms with E-state index in [9.17, 15) is 14.0 Å². The fraction of sp³-hybridized carbons (Fsp3) is 0.459. The first-order chi connectivity index (χ1) is 23.0. The highest BCUT2D eigenvalue weighted by Crippen LogP contribution is 2.36. The van der Waals surface area contributed by atoms with Crippen molar-refractivity contribution in [3.8, 4) is 11.1 Å². The first kappa shape index (κ1) is 33.9. The Morgan fingerprint density at radius 2 is 1.79 bits per heavy atom. The van der Waals surface area contributed by atoms with E-state index >= 15 is 0 Å². The van der Waals surface area contributed by atoms with Gasteiger partial charge in [-0.2, -0.15) is 4.98 Å². The van der Waals surface area contributed by atoms with Gasteiger partial charge in [0.05, 0.1) is 10.6 Å². The third-order valence-electron chi connectivity index (χ3n) is 10.2. The second-order valence-corrected chi connectivity index (χ2v) is 13.8. The fourth-order valence-electron chi connectivity index (χ4n) is 7.39. The summed E-state index contributed by atoms with van der Waals surface area (Å²) in [7, 11) is 4.31. The zero-order valence-corrected chi connectivity index (χ0v) is 29.2. The molecular weight excluding hydrogens is 629 g/mol. The summed E-state index contributed by atoms with van der Waals surface area (Å²) in [6.07, 6.45) is 7.29. The van der Waals surface area contributed by atoms with Gasteiger partial charge in [0.25, 0.3) is 5.56 Å². The Kier molecular flexibility index (Phi) is 10.0. The van der Waals surface area contributed by atoms with Crippen LogP contribution in [-0.2, 0) is 4.79 Å². The molecule has 0 spiro atoms. The first-order valence-electron chi connectivity index (χ1n) is 17.0. The highest BCUT2D eigenvalue weighted by molar-refractivity contribution is 6.33. The molecule has 0 unspecified atom stereocenters. The van der Waals surface area contributed by atoms with Gasteiger partial charge in [0.15, 0.2) is 0 Å². The summed E-state index contributed by atoms with van der Waals surface area (Å²) in [6, 6.07) is 11.4. The second-order valence-electron chi connectivity index (χ2n) is 13.4. The molecule has 1 aliphatic heterocycles. The van der Waals surface area contributed by atoms with E-state index in [1.807, 2.05) is 19.9 Å². The molecule has 3 heterocycles. The molecule has 11 heteroatoms. The summed E-state index contributed by atoms with van der Waals surface area (Å²) in [4.78, 5) is 40.9. The molecule has 1 aliphatic carbocycles. The average molecular weight is 674 g/mol. The van der Waals surface area contributed by atoms with Gasteiger partial charge in [0, 0.05) is 66.2 Å². The number of carbonyl (C=O) groups is 1. The van der Waals surface area contributed by atoms with E-state index in [0.717, 1.165) is 44.5 Å². The fourth-order valence-corrected chi connectivity index (χ4v) is 7.61. The number of rotatable bonds is 8. The van der Waals surface area contributed by atoms with Crippen LogP contribution in [0.4, 0.5) is 21.7 Å². The number of aryl methyl sites for hydroxylation is 2. The Balaban J connectivity index is 1.35. The maximum absolute atomic E-state index is 14.6. The summed E-state index contributed by atoms with van der Waals surface area (Å²) in [5, 5.41) is 7.08. The summed E-state index contributed by atoms with van der Waals surface area (Å²) in [5.41, 5.74) is 4.85. The van der Waals surface area contributed by atoms with E-state index in [2.05, 4.69) is 58.6 Å². The molecular formula is C37H45ClFN7O2. The van der Waals surface area contributed by atoms with Gasteiger partial charge in [-0.05, 0) is 102 Å². The van der Waals surface area contributed by atoms with Crippen molar-refractivity contribution in [2.24, 2.45) is 0 Å². The number of halogens is 2. The van der Waals surface area contributed by atoms with E-state index in [1.54, 1.807) is 22.9 Å². The molecule has 1 saturated heterocycles. The lowest BCUT2D eigenvalue weighted by atomic mass is 9.90. The van der Waals surface area contributed by atoms with Crippen LogP contribution in [0, 0.1) is 19.7 Å². The zero-order valence-electron chi connectivity index (χ0n) is 28.4. The maximum Gasteiger partial charge on any atom is 0.260 e. The molecule has 9 nitrogen and oxygen atoms in total. The lowest BCUT2D eigenvalue weighted by Gasteiger charge is -2.37. The number of hydrogen-bond donors (Lipinski definition) is 2. The van der Waals surface area contributed by atoms with E-state index in [0.29, 0.717) is 59.0 Å². The molecule has 2 fully saturated rings. The maximum atomic E-state index is 14.6. The van der Waals surface area contributed by atoms with Crippen molar-refractivity contribution in [1.29, 1.82) is 0 Å². The Morgan fingerprint density at radius 3 is 2.46 bits per heavy atom. The number of hydrogen-bond acceptors (Lipinski definition) is 7. The summed E-state index contributed by atoms with van der Waals surface area (Å²) in [5.74, 6) is -0.170. The monoisotopic (exact) mass is 673 g/mol. The van der Waals surface area contributed by atoms with E-state index in [4.69, 9.17) is 16.6 Å². The summed E-state index contributed by atoms with van der Waals surface area (Å²) < 4.78 is 16.4. The van der Waals surface area contributed by atoms with Crippen molar-refractivity contribution in [2.45, 2.75) is 83.8 Å². The number of fused-ring (bicyclic) bond motifs is 1. The molecule has 2 aliphatic rings. The minimum absolute atomic E-state index is 0.0278. The Labute approximate surface area is 286 Å². The summed E-state index contributed by atoms with van der Waals surface area (Å²) in [6.45, 7) is 7.85. The Morgan fingerprint density at radius 1 is 1.06 bits per heavy atom. The number of piperidine rings is 1. The molecule has 2 N–H and O–H groups in total. The molecule has 4 aromatic rings. The van der Waals surface area contributed by atoms with Crippen molar-refractivity contribution in [3.05, 3.63) is 74.9 Å². The SMILES string of the molecule is CCC(=O)NC1CCC(n2c(=O)c(-c3cccc(F)c3Cl)c(C)c3cnc(Nc4ccc(N5CCC(N(C)C)CC5)c(C)c4)nc32)CC1. The van der Waals surface area contributed by atoms with Crippen LogP contribution in [0.25, 0.3) is 22.2 Å². The molecule has 1 saturated carbocycles. The first-order valence-corrected chi connectivity index (χ1v) is 17.4. The summed E-state index contributed by atoms with van der Waals surface area (Å²) >= 11 is 6.44. The van der Waals surface area contributed by atoms with Crippen molar-refractivity contribution in [2.75, 3.05) is 37.4 Å². The van der Waals surface area contributed by atoms with Crippen molar-refractivity contribution in [3.63, 3.8) is 0 Å². The van der Waals surface area contributed by atoms with Gasteiger partial charge in [0.2, 0.25) is 11.9 Å². The lowest BCUT2D eigenvalue weighted by Crippen LogP contribution is -2.42. The number of aromatic nitrogens is 3. The Bertz CT molecular complexity index is 1880. The van der Waals surface area contributed by atoms with Crippen molar-refractivity contribution >= 4 is 45.9 Å². The van der Waals surface area contributed by atoms with Gasteiger partial charge < -0.3 is 20.4 Å². The second kappa shape index (κ2) is 14.2. The highest BCUT2D eigenvalue weighted by Gasteiger charge is 2.29. The zero-order chi connectivity index (χ0) is 34.1. The molecule has 6 rings (SSSR count). The van der Waals surface area contributed by atoms with Crippen LogP contribution < -0.4 is 21.1 Å². The van der Waals surface area contributed by atoms with E-state index in [-0.39, 0.29) is 28.6 Å². The van der Waals surface area contributed by atoms with Gasteiger partial charge in [-0.3, -0.25) is 14.2 Å². The molecule has 0 atom stereocenters. The van der Waals surface area contributed by atoms with Gasteiger partial charge in [-0.25, -0.2) is 9.37 Å². The van der Waals surface area contributed by atoms with Crippen LogP contribution in [0.5, 0.6) is 0 Å². The quantitative estimate of drug-likeness (QED) is 0.205. The third kappa shape index (κ3) is 6.78. The van der Waals surface area contributed by atoms with Gasteiger partial charge in [0.1, 0.15) is 11.5 Å². The number of carbonyl (C=O) groups excluding carboxylic acids is 1. The van der Waals surface area contributed by atoms with Crippen LogP contribution in [0.1, 0.15) is 69.0 Å². The van der Waals surface area contributed by atoms with Crippen LogP contribution in [0.15, 0.2) is 47.4 Å². The minimum atomic E-state index is -0.582. The van der Waals surface area contributed by atoms with Crippen molar-refractivity contribution < 1.29 is 9.18 Å². The standard InChI is InChI=1S/C37H45ClFN7O2/c1-6-32(47)41-24-10-13-27(14-11-24)46-35-29(23(3)33(36(46)48)28-8-7-9-30(39)34(28)38)21-40-37(43-35)42-25-12-15-31(22(2)20-25)45-18-16-26(17-19-45)44(4)5/h7-9,12,15,20-21,24,26-27H,6,10-11,13-14,16-19H2,1-5H3,(H,41,47)(H,40,42,43). The number of pyridine rings is 1. The Hall–Kier alpha value is -4.02. The molecule has 48 heavy (non-hydrogen) atoms. The van der Waals surface area contributed by atoms with Crippen LogP contribution >= 0.6 is 11.6 Å². The average Bonchev–Trinajstić information content (AvgIpc) is 3.07. The number of nitrogens with zero attached hydrogens (tertiary/aromatic N) is 5. The van der Waals surface area contributed by atoms with Crippen molar-refractivity contribution in [1.82, 2.24) is 24.8 Å². The molecule has 0 bridgehead atoms. The molecule has 2 aromatic heterocycles. The topological polar surface area (TPSA) is 95.4 Å².